The van der Waals surface area contributed by atoms with Crippen LogP contribution in [0.3, 0.4) is 0 Å². The van der Waals surface area contributed by atoms with Crippen molar-refractivity contribution in [2.75, 3.05) is 24.0 Å². The topological polar surface area (TPSA) is 75.7 Å². The van der Waals surface area contributed by atoms with Crippen molar-refractivity contribution < 1.29 is 17.9 Å². The summed E-state index contributed by atoms with van der Waals surface area (Å²) >= 11 is 0. The molecule has 34 heavy (non-hydrogen) atoms. The molecule has 0 bridgehead atoms. The Balaban J connectivity index is 1.75. The van der Waals surface area contributed by atoms with Crippen LogP contribution in [0.5, 0.6) is 5.75 Å². The van der Waals surface area contributed by atoms with Crippen molar-refractivity contribution in [1.29, 1.82) is 0 Å². The van der Waals surface area contributed by atoms with Crippen molar-refractivity contribution in [3.8, 4) is 5.75 Å². The Morgan fingerprint density at radius 3 is 2.18 bits per heavy atom. The number of hydrogen-bond acceptors (Lipinski definition) is 4. The molecule has 0 radical (unpaired) electrons. The largest absolute Gasteiger partial charge is 0.492 e. The SMILES string of the molecule is Cc1ccc(S(=O)(=O)N(CC(=O)NCCOc2cc(C)cc(C)c2)c2cccc(C)c2C)cc1. The third kappa shape index (κ3) is 6.17. The second-order valence-corrected chi connectivity index (χ2v) is 10.4. The summed E-state index contributed by atoms with van der Waals surface area (Å²) < 4.78 is 34.0. The predicted molar refractivity (Wildman–Crippen MR) is 136 cm³/mol. The number of ether oxygens (including phenoxy) is 1. The maximum absolute atomic E-state index is 13.5. The van der Waals surface area contributed by atoms with Gasteiger partial charge in [-0.15, -0.1) is 0 Å². The molecule has 0 atom stereocenters. The Morgan fingerprint density at radius 1 is 0.882 bits per heavy atom. The van der Waals surface area contributed by atoms with Gasteiger partial charge in [0.1, 0.15) is 18.9 Å². The van der Waals surface area contributed by atoms with Gasteiger partial charge in [-0.05, 0) is 87.2 Å². The van der Waals surface area contributed by atoms with Crippen LogP contribution in [-0.2, 0) is 14.8 Å². The van der Waals surface area contributed by atoms with E-state index in [1.807, 2.05) is 52.8 Å². The smallest absolute Gasteiger partial charge is 0.264 e. The Labute approximate surface area is 202 Å². The fraction of sp³-hybridized carbons (Fsp3) is 0.296. The lowest BCUT2D eigenvalue weighted by Gasteiger charge is -2.26. The van der Waals surface area contributed by atoms with E-state index in [1.54, 1.807) is 36.4 Å². The van der Waals surface area contributed by atoms with Crippen molar-refractivity contribution in [3.05, 3.63) is 88.5 Å². The molecule has 3 aromatic carbocycles. The minimum atomic E-state index is -3.95. The molecule has 3 rings (SSSR count). The molecule has 1 N–H and O–H groups in total. The first kappa shape index (κ1) is 25.3. The van der Waals surface area contributed by atoms with E-state index in [9.17, 15) is 13.2 Å². The Kier molecular flexibility index (Phi) is 7.99. The maximum Gasteiger partial charge on any atom is 0.264 e. The summed E-state index contributed by atoms with van der Waals surface area (Å²) in [5.41, 5.74) is 5.41. The van der Waals surface area contributed by atoms with Gasteiger partial charge in [-0.1, -0.05) is 35.9 Å². The number of hydrogen-bond donors (Lipinski definition) is 1. The monoisotopic (exact) mass is 480 g/mol. The highest BCUT2D eigenvalue weighted by molar-refractivity contribution is 7.92. The summed E-state index contributed by atoms with van der Waals surface area (Å²) in [6, 6.07) is 18.0. The summed E-state index contributed by atoms with van der Waals surface area (Å²) in [6.07, 6.45) is 0. The number of sulfonamides is 1. The summed E-state index contributed by atoms with van der Waals surface area (Å²) in [4.78, 5) is 12.9. The molecule has 0 aliphatic carbocycles. The normalized spacial score (nSPS) is 11.2. The number of nitrogens with one attached hydrogen (secondary N) is 1. The fourth-order valence-corrected chi connectivity index (χ4v) is 5.18. The van der Waals surface area contributed by atoms with Crippen LogP contribution in [0.4, 0.5) is 5.69 Å². The van der Waals surface area contributed by atoms with E-state index in [4.69, 9.17) is 4.74 Å². The van der Waals surface area contributed by atoms with Crippen molar-refractivity contribution in [2.45, 2.75) is 39.5 Å². The van der Waals surface area contributed by atoms with Crippen LogP contribution in [0.15, 0.2) is 65.6 Å². The summed E-state index contributed by atoms with van der Waals surface area (Å²) in [5, 5.41) is 2.78. The minimum Gasteiger partial charge on any atom is -0.492 e. The van der Waals surface area contributed by atoms with E-state index in [1.165, 1.54) is 4.31 Å². The van der Waals surface area contributed by atoms with Gasteiger partial charge in [0, 0.05) is 0 Å². The highest BCUT2D eigenvalue weighted by Gasteiger charge is 2.28. The number of carbonyl (C=O) groups excluding carboxylic acids is 1. The van der Waals surface area contributed by atoms with Gasteiger partial charge in [0.15, 0.2) is 0 Å². The molecule has 0 spiro atoms. The van der Waals surface area contributed by atoms with Crippen molar-refractivity contribution >= 4 is 21.6 Å². The molecular formula is C27H32N2O4S. The second-order valence-electron chi connectivity index (χ2n) is 8.57. The van der Waals surface area contributed by atoms with Crippen molar-refractivity contribution in [3.63, 3.8) is 0 Å². The van der Waals surface area contributed by atoms with Gasteiger partial charge >= 0.3 is 0 Å². The zero-order valence-electron chi connectivity index (χ0n) is 20.4. The van der Waals surface area contributed by atoms with Crippen LogP contribution in [0.2, 0.25) is 0 Å². The molecule has 0 aromatic heterocycles. The molecule has 0 unspecified atom stereocenters. The van der Waals surface area contributed by atoms with E-state index >= 15 is 0 Å². The Hall–Kier alpha value is -3.32. The first-order valence-corrected chi connectivity index (χ1v) is 12.7. The predicted octanol–water partition coefficient (Wildman–Crippen LogP) is 4.62. The standard InChI is InChI=1S/C27H32N2O4S/c1-19-9-11-25(12-10-19)34(31,32)29(26-8-6-7-22(4)23(26)5)18-27(30)28-13-14-33-24-16-20(2)15-21(3)17-24/h6-12,15-17H,13-14,18H2,1-5H3,(H,28,30). The van der Waals surface area contributed by atoms with Crippen LogP contribution < -0.4 is 14.4 Å². The van der Waals surface area contributed by atoms with Gasteiger partial charge in [-0.2, -0.15) is 0 Å². The third-order valence-corrected chi connectivity index (χ3v) is 7.40. The van der Waals surface area contributed by atoms with Gasteiger partial charge in [0.25, 0.3) is 10.0 Å². The number of benzene rings is 3. The van der Waals surface area contributed by atoms with E-state index in [0.29, 0.717) is 5.69 Å². The molecule has 0 saturated heterocycles. The molecule has 0 aliphatic heterocycles. The lowest BCUT2D eigenvalue weighted by molar-refractivity contribution is -0.119. The number of aryl methyl sites for hydroxylation is 4. The van der Waals surface area contributed by atoms with E-state index in [0.717, 1.165) is 33.6 Å². The van der Waals surface area contributed by atoms with Gasteiger partial charge < -0.3 is 10.1 Å². The zero-order valence-corrected chi connectivity index (χ0v) is 21.2. The average molecular weight is 481 g/mol. The van der Waals surface area contributed by atoms with Gasteiger partial charge in [0.05, 0.1) is 17.1 Å². The van der Waals surface area contributed by atoms with E-state index in [2.05, 4.69) is 11.4 Å². The Bertz CT molecular complexity index is 1250. The summed E-state index contributed by atoms with van der Waals surface area (Å²) in [6.45, 7) is 9.88. The lowest BCUT2D eigenvalue weighted by atomic mass is 10.1. The van der Waals surface area contributed by atoms with Gasteiger partial charge in [-0.3, -0.25) is 9.10 Å². The molecule has 3 aromatic rings. The number of amides is 1. The molecule has 0 fully saturated rings. The number of rotatable bonds is 9. The Morgan fingerprint density at radius 2 is 1.53 bits per heavy atom. The zero-order chi connectivity index (χ0) is 24.9. The van der Waals surface area contributed by atoms with Crippen LogP contribution >= 0.6 is 0 Å². The molecule has 7 heteroatoms. The first-order chi connectivity index (χ1) is 16.1. The highest BCUT2D eigenvalue weighted by atomic mass is 32.2. The van der Waals surface area contributed by atoms with Crippen LogP contribution in [0.25, 0.3) is 0 Å². The molecule has 6 nitrogen and oxygen atoms in total. The second kappa shape index (κ2) is 10.7. The lowest BCUT2D eigenvalue weighted by Crippen LogP contribution is -2.42. The van der Waals surface area contributed by atoms with Gasteiger partial charge in [-0.25, -0.2) is 8.42 Å². The van der Waals surface area contributed by atoms with Crippen molar-refractivity contribution in [1.82, 2.24) is 5.32 Å². The summed E-state index contributed by atoms with van der Waals surface area (Å²) in [7, 11) is -3.95. The number of nitrogens with zero attached hydrogens (tertiary/aromatic N) is 1. The molecule has 1 amide bonds. The third-order valence-electron chi connectivity index (χ3n) is 5.63. The average Bonchev–Trinajstić information content (AvgIpc) is 2.77. The quantitative estimate of drug-likeness (QED) is 0.454. The molecule has 0 heterocycles. The summed E-state index contributed by atoms with van der Waals surface area (Å²) in [5.74, 6) is 0.339. The van der Waals surface area contributed by atoms with Crippen LogP contribution in [-0.4, -0.2) is 34.0 Å². The highest BCUT2D eigenvalue weighted by Crippen LogP contribution is 2.28. The molecule has 0 aliphatic rings. The van der Waals surface area contributed by atoms with Crippen molar-refractivity contribution in [2.24, 2.45) is 0 Å². The van der Waals surface area contributed by atoms with E-state index < -0.39 is 15.9 Å². The number of carbonyl (C=O) groups is 1. The first-order valence-electron chi connectivity index (χ1n) is 11.2. The van der Waals surface area contributed by atoms with Crippen LogP contribution in [0.1, 0.15) is 27.8 Å². The van der Waals surface area contributed by atoms with E-state index in [-0.39, 0.29) is 24.6 Å². The molecular weight excluding hydrogens is 448 g/mol. The fourth-order valence-electron chi connectivity index (χ4n) is 3.70. The van der Waals surface area contributed by atoms with Crippen LogP contribution in [0, 0.1) is 34.6 Å². The van der Waals surface area contributed by atoms with Gasteiger partial charge in [0.2, 0.25) is 5.91 Å². The number of anilines is 1. The minimum absolute atomic E-state index is 0.143. The maximum atomic E-state index is 13.5. The molecule has 0 saturated carbocycles. The molecule has 180 valence electrons.